The van der Waals surface area contributed by atoms with E-state index >= 15 is 0 Å². The lowest BCUT2D eigenvalue weighted by Gasteiger charge is -2.34. The molecule has 0 aromatic heterocycles. The van der Waals surface area contributed by atoms with Crippen LogP contribution in [0, 0.1) is 0 Å². The fourth-order valence-corrected chi connectivity index (χ4v) is 10.8. The summed E-state index contributed by atoms with van der Waals surface area (Å²) >= 11 is 0. The van der Waals surface area contributed by atoms with E-state index in [1.807, 2.05) is 0 Å². The maximum atomic E-state index is 6.88. The van der Waals surface area contributed by atoms with Gasteiger partial charge in [0.05, 0.1) is 12.2 Å². The molecule has 192 valence electrons. The second-order valence-electron chi connectivity index (χ2n) is 10.1. The smallest absolute Gasteiger partial charge is 0.192 e. The summed E-state index contributed by atoms with van der Waals surface area (Å²) in [4.78, 5) is 0. The Morgan fingerprint density at radius 3 is 2.09 bits per heavy atom. The standard InChI is InChI=1S/C28H54O3Si2/c1-10-24(8)22-27(31-33(14-5,15-6)16-7)19-20-28-25(9)23-26(30-28)18-17-21-29-32(11-2,12-3)13-4/h26-28H,1,9,11-23H2,2-8H3/t26-,27?,28-/m0/s1. The molecule has 0 bridgehead atoms. The minimum Gasteiger partial charge on any atom is -0.417 e. The minimum atomic E-state index is -1.65. The van der Waals surface area contributed by atoms with Crippen molar-refractivity contribution in [1.82, 2.24) is 0 Å². The highest BCUT2D eigenvalue weighted by Gasteiger charge is 2.34. The molecule has 1 aliphatic rings. The Kier molecular flexibility index (Phi) is 14.4. The number of rotatable bonds is 18. The Morgan fingerprint density at radius 2 is 1.58 bits per heavy atom. The van der Waals surface area contributed by atoms with E-state index in [1.54, 1.807) is 0 Å². The molecule has 1 heterocycles. The average Bonchev–Trinajstić information content (AvgIpc) is 3.20. The molecule has 0 aromatic carbocycles. The number of hydrogen-bond acceptors (Lipinski definition) is 3. The highest BCUT2D eigenvalue weighted by Crippen LogP contribution is 2.33. The summed E-state index contributed by atoms with van der Waals surface area (Å²) in [6, 6.07) is 7.22. The van der Waals surface area contributed by atoms with Gasteiger partial charge in [-0.25, -0.2) is 0 Å². The van der Waals surface area contributed by atoms with Gasteiger partial charge in [0.1, 0.15) is 0 Å². The van der Waals surface area contributed by atoms with Gasteiger partial charge in [0, 0.05) is 19.1 Å². The van der Waals surface area contributed by atoms with Gasteiger partial charge in [-0.3, -0.25) is 0 Å². The molecule has 0 N–H and O–H groups in total. The Balaban J connectivity index is 2.58. The van der Waals surface area contributed by atoms with Crippen LogP contribution < -0.4 is 0 Å². The van der Waals surface area contributed by atoms with Gasteiger partial charge in [0.25, 0.3) is 0 Å². The van der Waals surface area contributed by atoms with Gasteiger partial charge in [0.2, 0.25) is 0 Å². The van der Waals surface area contributed by atoms with Crippen LogP contribution in [0.1, 0.15) is 87.0 Å². The lowest BCUT2D eigenvalue weighted by atomic mass is 9.99. The first-order valence-electron chi connectivity index (χ1n) is 13.8. The first-order chi connectivity index (χ1) is 15.8. The van der Waals surface area contributed by atoms with Crippen LogP contribution in [0.5, 0.6) is 0 Å². The predicted molar refractivity (Wildman–Crippen MR) is 149 cm³/mol. The summed E-state index contributed by atoms with van der Waals surface area (Å²) in [6.45, 7) is 25.0. The molecule has 1 aliphatic heterocycles. The monoisotopic (exact) mass is 494 g/mol. The van der Waals surface area contributed by atoms with E-state index < -0.39 is 16.6 Å². The van der Waals surface area contributed by atoms with Crippen molar-refractivity contribution >= 4 is 16.6 Å². The largest absolute Gasteiger partial charge is 0.417 e. The van der Waals surface area contributed by atoms with Crippen LogP contribution in [0.15, 0.2) is 30.0 Å². The molecule has 3 atom stereocenters. The Labute approximate surface area is 208 Å². The second-order valence-corrected chi connectivity index (χ2v) is 19.6. The van der Waals surface area contributed by atoms with Gasteiger partial charge in [-0.2, -0.15) is 0 Å². The van der Waals surface area contributed by atoms with Crippen molar-refractivity contribution in [2.24, 2.45) is 0 Å². The molecule has 1 saturated heterocycles. The van der Waals surface area contributed by atoms with E-state index in [-0.39, 0.29) is 12.2 Å². The van der Waals surface area contributed by atoms with E-state index in [1.165, 1.54) is 47.4 Å². The molecule has 1 unspecified atom stereocenters. The first kappa shape index (κ1) is 30.6. The van der Waals surface area contributed by atoms with Gasteiger partial charge < -0.3 is 13.6 Å². The molecule has 0 radical (unpaired) electrons. The van der Waals surface area contributed by atoms with Gasteiger partial charge in [-0.15, -0.1) is 5.73 Å². The Hall–Kier alpha value is -0.426. The third-order valence-electron chi connectivity index (χ3n) is 8.25. The van der Waals surface area contributed by atoms with Gasteiger partial charge >= 0.3 is 0 Å². The maximum absolute atomic E-state index is 6.88. The lowest BCUT2D eigenvalue weighted by molar-refractivity contribution is 0.0320. The van der Waals surface area contributed by atoms with Crippen molar-refractivity contribution in [1.29, 1.82) is 0 Å². The van der Waals surface area contributed by atoms with E-state index in [0.29, 0.717) is 6.10 Å². The quantitative estimate of drug-likeness (QED) is 0.0824. The molecule has 33 heavy (non-hydrogen) atoms. The zero-order chi connectivity index (χ0) is 24.9. The maximum Gasteiger partial charge on any atom is 0.192 e. The van der Waals surface area contributed by atoms with E-state index in [4.69, 9.17) is 13.6 Å². The minimum absolute atomic E-state index is 0.173. The summed E-state index contributed by atoms with van der Waals surface area (Å²) in [6.07, 6.45) is 6.82. The summed E-state index contributed by atoms with van der Waals surface area (Å²) < 4.78 is 19.8. The van der Waals surface area contributed by atoms with Crippen molar-refractivity contribution in [2.75, 3.05) is 6.61 Å². The Bertz CT molecular complexity index is 602. The van der Waals surface area contributed by atoms with Crippen molar-refractivity contribution in [3.63, 3.8) is 0 Å². The van der Waals surface area contributed by atoms with Crippen LogP contribution in [0.4, 0.5) is 0 Å². The topological polar surface area (TPSA) is 27.7 Å². The molecule has 0 amide bonds. The molecule has 3 nitrogen and oxygen atoms in total. The van der Waals surface area contributed by atoms with Crippen LogP contribution in [0.3, 0.4) is 0 Å². The van der Waals surface area contributed by atoms with Crippen LogP contribution in [-0.2, 0) is 13.6 Å². The number of hydrogen-bond donors (Lipinski definition) is 0. The van der Waals surface area contributed by atoms with E-state index in [9.17, 15) is 0 Å². The van der Waals surface area contributed by atoms with Crippen LogP contribution >= 0.6 is 0 Å². The van der Waals surface area contributed by atoms with E-state index in [0.717, 1.165) is 45.1 Å². The van der Waals surface area contributed by atoms with Crippen LogP contribution in [0.25, 0.3) is 0 Å². The summed E-state index contributed by atoms with van der Waals surface area (Å²) in [5.74, 6) is 0. The van der Waals surface area contributed by atoms with Crippen LogP contribution in [0.2, 0.25) is 36.3 Å². The second kappa shape index (κ2) is 15.5. The number of ether oxygens (including phenoxy) is 1. The lowest BCUT2D eigenvalue weighted by Crippen LogP contribution is -2.40. The predicted octanol–water partition coefficient (Wildman–Crippen LogP) is 8.79. The normalized spacial score (nSPS) is 20.2. The molecule has 0 aromatic rings. The zero-order valence-corrected chi connectivity index (χ0v) is 25.1. The highest BCUT2D eigenvalue weighted by molar-refractivity contribution is 6.74. The van der Waals surface area contributed by atoms with Crippen molar-refractivity contribution in [3.8, 4) is 0 Å². The Morgan fingerprint density at radius 1 is 1.00 bits per heavy atom. The molecular formula is C28H54O3Si2. The van der Waals surface area contributed by atoms with Crippen molar-refractivity contribution in [2.45, 2.75) is 142 Å². The molecule has 0 spiro atoms. The SMILES string of the molecule is C=C=C(C)CC(CC[C@@H]1O[C@@H](CCCO[Si](CC)(CC)CC)CC1=C)O[Si](CC)(CC)CC. The summed E-state index contributed by atoms with van der Waals surface area (Å²) in [7, 11) is -3.12. The van der Waals surface area contributed by atoms with Crippen molar-refractivity contribution < 1.29 is 13.6 Å². The summed E-state index contributed by atoms with van der Waals surface area (Å²) in [5, 5.41) is 0. The molecule has 0 saturated carbocycles. The fourth-order valence-electron chi connectivity index (χ4n) is 5.21. The third-order valence-corrected chi connectivity index (χ3v) is 17.6. The summed E-state index contributed by atoms with van der Waals surface area (Å²) in [5.41, 5.74) is 5.53. The first-order valence-corrected chi connectivity index (χ1v) is 18.8. The molecular weight excluding hydrogens is 440 g/mol. The molecule has 1 fully saturated rings. The van der Waals surface area contributed by atoms with Crippen LogP contribution in [-0.4, -0.2) is 41.6 Å². The molecule has 5 heteroatoms. The van der Waals surface area contributed by atoms with Gasteiger partial charge in [-0.1, -0.05) is 54.7 Å². The van der Waals surface area contributed by atoms with Gasteiger partial charge in [-0.05, 0) is 86.4 Å². The highest BCUT2D eigenvalue weighted by atomic mass is 28.4. The third kappa shape index (κ3) is 9.62. The van der Waals surface area contributed by atoms with Gasteiger partial charge in [0.15, 0.2) is 16.6 Å². The average molecular weight is 495 g/mol. The van der Waals surface area contributed by atoms with E-state index in [2.05, 4.69) is 67.4 Å². The molecule has 1 rings (SSSR count). The molecule has 0 aliphatic carbocycles. The van der Waals surface area contributed by atoms with Crippen molar-refractivity contribution in [3.05, 3.63) is 30.0 Å². The fraction of sp³-hybridized carbons (Fsp3) is 0.821. The zero-order valence-electron chi connectivity index (χ0n) is 23.1.